The monoisotopic (exact) mass is 355 g/mol. The third-order valence-electron chi connectivity index (χ3n) is 4.78. The molecule has 3 rings (SSSR count). The molecule has 140 valence electrons. The van der Waals surface area contributed by atoms with Gasteiger partial charge in [0.25, 0.3) is 5.91 Å². The third-order valence-corrected chi connectivity index (χ3v) is 4.78. The van der Waals surface area contributed by atoms with Gasteiger partial charge in [0, 0.05) is 13.2 Å². The minimum absolute atomic E-state index is 0.0462. The first-order valence-corrected chi connectivity index (χ1v) is 9.57. The van der Waals surface area contributed by atoms with Crippen molar-refractivity contribution in [1.29, 1.82) is 0 Å². The Labute approximate surface area is 155 Å². The van der Waals surface area contributed by atoms with Crippen molar-refractivity contribution < 1.29 is 9.53 Å². The van der Waals surface area contributed by atoms with Gasteiger partial charge in [-0.1, -0.05) is 45.9 Å². The summed E-state index contributed by atoms with van der Waals surface area (Å²) < 4.78 is 7.57. The molecule has 0 radical (unpaired) electrons. The standard InChI is InChI=1S/C21H29N3O2/c1-14(2)19-18(21(25)22-13-17-11-8-12-26-17)20(15(3)4)24(23-19)16-9-6-5-7-10-16/h5-7,9-10,14-15,17H,8,11-13H2,1-4H3,(H,22,25)/t17-/m0/s1. The van der Waals surface area contributed by atoms with Crippen molar-refractivity contribution in [3.8, 4) is 5.69 Å². The molecule has 1 N–H and O–H groups in total. The normalized spacial score (nSPS) is 17.2. The van der Waals surface area contributed by atoms with Crippen LogP contribution < -0.4 is 5.32 Å². The number of nitrogens with zero attached hydrogens (tertiary/aromatic N) is 2. The molecule has 1 saturated heterocycles. The Balaban J connectivity index is 1.98. The van der Waals surface area contributed by atoms with Crippen molar-refractivity contribution >= 4 is 5.91 Å². The van der Waals surface area contributed by atoms with E-state index in [-0.39, 0.29) is 23.8 Å². The number of carbonyl (C=O) groups excluding carboxylic acids is 1. The van der Waals surface area contributed by atoms with Gasteiger partial charge in [-0.15, -0.1) is 0 Å². The lowest BCUT2D eigenvalue weighted by Crippen LogP contribution is -2.33. The number of carbonyl (C=O) groups is 1. The number of benzene rings is 1. The number of hydrogen-bond acceptors (Lipinski definition) is 3. The van der Waals surface area contributed by atoms with Gasteiger partial charge in [-0.3, -0.25) is 4.79 Å². The number of ether oxygens (including phenoxy) is 1. The molecule has 2 heterocycles. The van der Waals surface area contributed by atoms with Crippen molar-refractivity contribution in [3.05, 3.63) is 47.3 Å². The van der Waals surface area contributed by atoms with E-state index in [4.69, 9.17) is 9.84 Å². The maximum Gasteiger partial charge on any atom is 0.255 e. The fourth-order valence-electron chi connectivity index (χ4n) is 3.49. The number of hydrogen-bond donors (Lipinski definition) is 1. The predicted octanol–water partition coefficient (Wildman–Crippen LogP) is 4.03. The van der Waals surface area contributed by atoms with Crippen LogP contribution in [0.5, 0.6) is 0 Å². The van der Waals surface area contributed by atoms with E-state index in [1.807, 2.05) is 35.0 Å². The van der Waals surface area contributed by atoms with Crippen LogP contribution in [-0.2, 0) is 4.74 Å². The zero-order valence-corrected chi connectivity index (χ0v) is 16.2. The number of aromatic nitrogens is 2. The van der Waals surface area contributed by atoms with Crippen LogP contribution in [0.25, 0.3) is 5.69 Å². The van der Waals surface area contributed by atoms with Crippen molar-refractivity contribution in [2.75, 3.05) is 13.2 Å². The fourth-order valence-corrected chi connectivity index (χ4v) is 3.49. The number of amides is 1. The van der Waals surface area contributed by atoms with Crippen LogP contribution in [0.15, 0.2) is 30.3 Å². The van der Waals surface area contributed by atoms with Crippen LogP contribution in [-0.4, -0.2) is 34.9 Å². The lowest BCUT2D eigenvalue weighted by atomic mass is 9.98. The van der Waals surface area contributed by atoms with Gasteiger partial charge < -0.3 is 10.1 Å². The molecule has 5 heteroatoms. The minimum atomic E-state index is -0.0462. The second-order valence-electron chi connectivity index (χ2n) is 7.55. The van der Waals surface area contributed by atoms with Crippen molar-refractivity contribution in [2.45, 2.75) is 58.5 Å². The van der Waals surface area contributed by atoms with E-state index in [0.29, 0.717) is 6.54 Å². The molecule has 0 aliphatic carbocycles. The lowest BCUT2D eigenvalue weighted by Gasteiger charge is -2.15. The van der Waals surface area contributed by atoms with E-state index in [9.17, 15) is 4.79 Å². The molecular formula is C21H29N3O2. The van der Waals surface area contributed by atoms with Gasteiger partial charge >= 0.3 is 0 Å². The Morgan fingerprint density at radius 2 is 1.96 bits per heavy atom. The Kier molecular flexibility index (Phi) is 5.77. The summed E-state index contributed by atoms with van der Waals surface area (Å²) >= 11 is 0. The van der Waals surface area contributed by atoms with E-state index >= 15 is 0 Å². The third kappa shape index (κ3) is 3.83. The maximum absolute atomic E-state index is 13.1. The summed E-state index contributed by atoms with van der Waals surface area (Å²) in [6, 6.07) is 10.0. The van der Waals surface area contributed by atoms with Crippen molar-refractivity contribution in [1.82, 2.24) is 15.1 Å². The van der Waals surface area contributed by atoms with E-state index in [2.05, 4.69) is 33.0 Å². The van der Waals surface area contributed by atoms with E-state index in [1.165, 1.54) is 0 Å². The molecule has 1 aliphatic heterocycles. The van der Waals surface area contributed by atoms with Gasteiger partial charge in [0.05, 0.1) is 28.7 Å². The summed E-state index contributed by atoms with van der Waals surface area (Å²) in [5.41, 5.74) is 3.51. The van der Waals surface area contributed by atoms with Gasteiger partial charge in [0.1, 0.15) is 0 Å². The fraction of sp³-hybridized carbons (Fsp3) is 0.524. The minimum Gasteiger partial charge on any atom is -0.376 e. The molecule has 1 amide bonds. The number of para-hydroxylation sites is 1. The molecule has 1 aromatic heterocycles. The first-order chi connectivity index (χ1) is 12.5. The summed E-state index contributed by atoms with van der Waals surface area (Å²) in [5.74, 6) is 0.301. The molecule has 1 atom stereocenters. The van der Waals surface area contributed by atoms with Crippen LogP contribution >= 0.6 is 0 Å². The highest BCUT2D eigenvalue weighted by atomic mass is 16.5. The van der Waals surface area contributed by atoms with Gasteiger partial charge in [0.15, 0.2) is 0 Å². The molecule has 0 saturated carbocycles. The molecule has 0 spiro atoms. The Hall–Kier alpha value is -2.14. The highest BCUT2D eigenvalue weighted by Crippen LogP contribution is 2.30. The molecule has 26 heavy (non-hydrogen) atoms. The molecule has 2 aromatic rings. The highest BCUT2D eigenvalue weighted by Gasteiger charge is 2.28. The summed E-state index contributed by atoms with van der Waals surface area (Å²) in [4.78, 5) is 13.1. The van der Waals surface area contributed by atoms with E-state index < -0.39 is 0 Å². The average molecular weight is 355 g/mol. The second kappa shape index (κ2) is 8.04. The molecule has 1 aliphatic rings. The molecule has 0 bridgehead atoms. The van der Waals surface area contributed by atoms with Crippen LogP contribution in [0.4, 0.5) is 0 Å². The molecule has 0 unspecified atom stereocenters. The Morgan fingerprint density at radius 1 is 1.23 bits per heavy atom. The van der Waals surface area contributed by atoms with Gasteiger partial charge in [-0.05, 0) is 36.8 Å². The maximum atomic E-state index is 13.1. The first-order valence-electron chi connectivity index (χ1n) is 9.57. The van der Waals surface area contributed by atoms with Gasteiger partial charge in [-0.2, -0.15) is 5.10 Å². The predicted molar refractivity (Wildman–Crippen MR) is 103 cm³/mol. The Morgan fingerprint density at radius 3 is 2.54 bits per heavy atom. The first kappa shape index (κ1) is 18.6. The summed E-state index contributed by atoms with van der Waals surface area (Å²) in [6.45, 7) is 9.73. The second-order valence-corrected chi connectivity index (χ2v) is 7.55. The molecule has 5 nitrogen and oxygen atoms in total. The van der Waals surface area contributed by atoms with Crippen LogP contribution in [0.3, 0.4) is 0 Å². The zero-order chi connectivity index (χ0) is 18.7. The summed E-state index contributed by atoms with van der Waals surface area (Å²) in [5, 5.41) is 7.91. The topological polar surface area (TPSA) is 56.2 Å². The number of rotatable bonds is 6. The molecule has 1 aromatic carbocycles. The average Bonchev–Trinajstić information content (AvgIpc) is 3.28. The smallest absolute Gasteiger partial charge is 0.255 e. The van der Waals surface area contributed by atoms with Crippen molar-refractivity contribution in [2.24, 2.45) is 0 Å². The lowest BCUT2D eigenvalue weighted by molar-refractivity contribution is 0.0855. The SMILES string of the molecule is CC(C)c1nn(-c2ccccc2)c(C(C)C)c1C(=O)NC[C@@H]1CCCO1. The molecular weight excluding hydrogens is 326 g/mol. The zero-order valence-electron chi connectivity index (χ0n) is 16.2. The van der Waals surface area contributed by atoms with Gasteiger partial charge in [-0.25, -0.2) is 4.68 Å². The molecule has 1 fully saturated rings. The largest absolute Gasteiger partial charge is 0.376 e. The van der Waals surface area contributed by atoms with E-state index in [0.717, 1.165) is 42.1 Å². The van der Waals surface area contributed by atoms with Crippen molar-refractivity contribution in [3.63, 3.8) is 0 Å². The van der Waals surface area contributed by atoms with Crippen LogP contribution in [0.2, 0.25) is 0 Å². The number of nitrogens with one attached hydrogen (secondary N) is 1. The van der Waals surface area contributed by atoms with Crippen LogP contribution in [0.1, 0.15) is 74.1 Å². The van der Waals surface area contributed by atoms with Crippen LogP contribution in [0, 0.1) is 0 Å². The van der Waals surface area contributed by atoms with Gasteiger partial charge in [0.2, 0.25) is 0 Å². The summed E-state index contributed by atoms with van der Waals surface area (Å²) in [6.07, 6.45) is 2.21. The summed E-state index contributed by atoms with van der Waals surface area (Å²) in [7, 11) is 0. The van der Waals surface area contributed by atoms with E-state index in [1.54, 1.807) is 0 Å². The highest BCUT2D eigenvalue weighted by molar-refractivity contribution is 5.97. The quantitative estimate of drug-likeness (QED) is 0.851. The Bertz CT molecular complexity index is 744.